The van der Waals surface area contributed by atoms with Gasteiger partial charge in [0, 0.05) is 7.05 Å². The van der Waals surface area contributed by atoms with E-state index in [4.69, 9.17) is 10.6 Å². The number of methoxy groups -OCH3 is 1. The molecule has 0 aliphatic heterocycles. The molecule has 0 radical (unpaired) electrons. The lowest BCUT2D eigenvalue weighted by atomic mass is 9.82. The summed E-state index contributed by atoms with van der Waals surface area (Å²) < 4.78 is 5.29. The highest BCUT2D eigenvalue weighted by Crippen LogP contribution is 2.29. The summed E-state index contributed by atoms with van der Waals surface area (Å²) in [6.45, 7) is 5.81. The maximum absolute atomic E-state index is 12.1. The fourth-order valence-electron chi connectivity index (χ4n) is 2.01. The van der Waals surface area contributed by atoms with Crippen LogP contribution in [0.3, 0.4) is 0 Å². The number of benzene rings is 1. The predicted octanol–water partition coefficient (Wildman–Crippen LogP) is 1.87. The molecule has 18 heavy (non-hydrogen) atoms. The van der Waals surface area contributed by atoms with E-state index in [1.165, 1.54) is 0 Å². The summed E-state index contributed by atoms with van der Waals surface area (Å²) in [4.78, 5) is 12.1. The van der Waals surface area contributed by atoms with Gasteiger partial charge in [-0.05, 0) is 37.5 Å². The lowest BCUT2D eigenvalue weighted by molar-refractivity contribution is -0.135. The molecule has 1 aromatic rings. The number of carbonyl (C=O) groups is 1. The van der Waals surface area contributed by atoms with E-state index in [9.17, 15) is 4.79 Å². The number of ether oxygens (including phenoxy) is 1. The molecule has 0 aliphatic rings. The van der Waals surface area contributed by atoms with Crippen LogP contribution < -0.4 is 10.6 Å². The van der Waals surface area contributed by atoms with E-state index in [1.54, 1.807) is 14.2 Å². The third-order valence-corrected chi connectivity index (χ3v) is 3.24. The first-order valence-corrected chi connectivity index (χ1v) is 6.04. The highest BCUT2D eigenvalue weighted by molar-refractivity contribution is 5.86. The van der Waals surface area contributed by atoms with Gasteiger partial charge in [0.1, 0.15) is 5.75 Å². The number of likely N-dealkylation sites (N-methyl/N-ethyl adjacent to an activating group) is 1. The van der Waals surface area contributed by atoms with Crippen molar-refractivity contribution in [1.82, 2.24) is 5.01 Å². The normalized spacial score (nSPS) is 11.2. The molecule has 4 heteroatoms. The van der Waals surface area contributed by atoms with Crippen LogP contribution >= 0.6 is 0 Å². The zero-order chi connectivity index (χ0) is 13.9. The van der Waals surface area contributed by atoms with Crippen molar-refractivity contribution < 1.29 is 9.53 Å². The van der Waals surface area contributed by atoms with Crippen LogP contribution in [0.25, 0.3) is 0 Å². The Bertz CT molecular complexity index is 439. The maximum atomic E-state index is 12.1. The minimum absolute atomic E-state index is 0.116. The van der Waals surface area contributed by atoms with Gasteiger partial charge in [-0.15, -0.1) is 0 Å². The molecule has 0 aromatic heterocycles. The second-order valence-corrected chi connectivity index (χ2v) is 4.92. The van der Waals surface area contributed by atoms with E-state index in [-0.39, 0.29) is 5.91 Å². The Labute approximate surface area is 109 Å². The minimum atomic E-state index is -0.639. The lowest BCUT2D eigenvalue weighted by Gasteiger charge is -2.27. The van der Waals surface area contributed by atoms with Crippen molar-refractivity contribution in [3.05, 3.63) is 29.3 Å². The first kappa shape index (κ1) is 14.5. The molecule has 0 bridgehead atoms. The number of hydrazine groups is 1. The van der Waals surface area contributed by atoms with Crippen molar-refractivity contribution >= 4 is 5.91 Å². The van der Waals surface area contributed by atoms with Crippen molar-refractivity contribution in [3.8, 4) is 5.75 Å². The molecule has 1 amide bonds. The third-order valence-electron chi connectivity index (χ3n) is 3.24. The molecular weight excluding hydrogens is 228 g/mol. The SMILES string of the molecule is CCc1cc(C(C)(C)C(=O)N(C)N)ccc1OC. The second-order valence-electron chi connectivity index (χ2n) is 4.92. The Morgan fingerprint density at radius 3 is 2.50 bits per heavy atom. The van der Waals surface area contributed by atoms with Gasteiger partial charge in [-0.3, -0.25) is 9.80 Å². The summed E-state index contributed by atoms with van der Waals surface area (Å²) in [5, 5.41) is 1.13. The van der Waals surface area contributed by atoms with Crippen LogP contribution in [0.15, 0.2) is 18.2 Å². The number of nitrogens with two attached hydrogens (primary N) is 1. The molecule has 0 fully saturated rings. The molecule has 0 saturated heterocycles. The highest BCUT2D eigenvalue weighted by Gasteiger charge is 2.32. The van der Waals surface area contributed by atoms with Gasteiger partial charge in [0.15, 0.2) is 0 Å². The molecule has 1 rings (SSSR count). The van der Waals surface area contributed by atoms with Gasteiger partial charge in [0.2, 0.25) is 5.91 Å². The van der Waals surface area contributed by atoms with Crippen LogP contribution in [0.1, 0.15) is 31.9 Å². The minimum Gasteiger partial charge on any atom is -0.496 e. The lowest BCUT2D eigenvalue weighted by Crippen LogP contribution is -2.45. The largest absolute Gasteiger partial charge is 0.496 e. The molecule has 1 aromatic carbocycles. The quantitative estimate of drug-likeness (QED) is 0.504. The summed E-state index contributed by atoms with van der Waals surface area (Å²) >= 11 is 0. The molecular formula is C14H22N2O2. The summed E-state index contributed by atoms with van der Waals surface area (Å²) in [7, 11) is 3.21. The van der Waals surface area contributed by atoms with Crippen LogP contribution in [0.2, 0.25) is 0 Å². The number of hydrogen-bond acceptors (Lipinski definition) is 3. The number of hydrogen-bond donors (Lipinski definition) is 1. The Kier molecular flexibility index (Phi) is 4.35. The number of aryl methyl sites for hydroxylation is 1. The molecule has 4 nitrogen and oxygen atoms in total. The standard InChI is InChI=1S/C14H22N2O2/c1-6-10-9-11(7-8-12(10)18-5)14(2,3)13(17)16(4)15/h7-9H,6,15H2,1-5H3. The van der Waals surface area contributed by atoms with Gasteiger partial charge in [0.05, 0.1) is 12.5 Å². The van der Waals surface area contributed by atoms with Gasteiger partial charge >= 0.3 is 0 Å². The average Bonchev–Trinajstić information content (AvgIpc) is 2.36. The summed E-state index contributed by atoms with van der Waals surface area (Å²) in [5.41, 5.74) is 1.40. The molecule has 0 unspecified atom stereocenters. The van der Waals surface area contributed by atoms with Crippen molar-refractivity contribution in [2.45, 2.75) is 32.6 Å². The fourth-order valence-corrected chi connectivity index (χ4v) is 2.01. The zero-order valence-corrected chi connectivity index (χ0v) is 11.8. The van der Waals surface area contributed by atoms with Gasteiger partial charge in [-0.25, -0.2) is 5.84 Å². The van der Waals surface area contributed by atoms with Gasteiger partial charge in [-0.2, -0.15) is 0 Å². The Morgan fingerprint density at radius 1 is 1.44 bits per heavy atom. The molecule has 0 aliphatic carbocycles. The topological polar surface area (TPSA) is 55.6 Å². The highest BCUT2D eigenvalue weighted by atomic mass is 16.5. The van der Waals surface area contributed by atoms with Crippen molar-refractivity contribution in [3.63, 3.8) is 0 Å². The molecule has 0 saturated carbocycles. The molecule has 2 N–H and O–H groups in total. The van der Waals surface area contributed by atoms with Crippen LogP contribution in [-0.2, 0) is 16.6 Å². The Morgan fingerprint density at radius 2 is 2.06 bits per heavy atom. The molecule has 0 spiro atoms. The van der Waals surface area contributed by atoms with Crippen LogP contribution in [0, 0.1) is 0 Å². The second kappa shape index (κ2) is 5.40. The van der Waals surface area contributed by atoms with Crippen LogP contribution in [0.4, 0.5) is 0 Å². The number of amides is 1. The summed E-state index contributed by atoms with van der Waals surface area (Å²) in [6.07, 6.45) is 0.861. The number of carbonyl (C=O) groups excluding carboxylic acids is 1. The summed E-state index contributed by atoms with van der Waals surface area (Å²) in [6, 6.07) is 5.83. The smallest absolute Gasteiger partial charge is 0.246 e. The monoisotopic (exact) mass is 250 g/mol. The van der Waals surface area contributed by atoms with E-state index in [0.29, 0.717) is 0 Å². The summed E-state index contributed by atoms with van der Waals surface area (Å²) in [5.74, 6) is 6.28. The van der Waals surface area contributed by atoms with Crippen molar-refractivity contribution in [2.24, 2.45) is 5.84 Å². The van der Waals surface area contributed by atoms with E-state index < -0.39 is 5.41 Å². The molecule has 0 heterocycles. The third kappa shape index (κ3) is 2.64. The van der Waals surface area contributed by atoms with Crippen LogP contribution in [0.5, 0.6) is 5.75 Å². The fraction of sp³-hybridized carbons (Fsp3) is 0.500. The number of nitrogens with zero attached hydrogens (tertiary/aromatic N) is 1. The Balaban J connectivity index is 3.21. The maximum Gasteiger partial charge on any atom is 0.246 e. The average molecular weight is 250 g/mol. The molecule has 100 valence electrons. The number of rotatable bonds is 4. The van der Waals surface area contributed by atoms with E-state index in [2.05, 4.69) is 6.92 Å². The van der Waals surface area contributed by atoms with Gasteiger partial charge in [0.25, 0.3) is 0 Å². The van der Waals surface area contributed by atoms with Crippen LogP contribution in [-0.4, -0.2) is 25.1 Å². The first-order chi connectivity index (χ1) is 8.34. The van der Waals surface area contributed by atoms with E-state index >= 15 is 0 Å². The van der Waals surface area contributed by atoms with E-state index in [0.717, 1.165) is 28.3 Å². The predicted molar refractivity (Wildman–Crippen MR) is 72.4 cm³/mol. The van der Waals surface area contributed by atoms with Gasteiger partial charge < -0.3 is 4.74 Å². The van der Waals surface area contributed by atoms with Crippen molar-refractivity contribution in [1.29, 1.82) is 0 Å². The molecule has 0 atom stereocenters. The van der Waals surface area contributed by atoms with Gasteiger partial charge in [-0.1, -0.05) is 19.1 Å². The first-order valence-electron chi connectivity index (χ1n) is 6.04. The zero-order valence-electron chi connectivity index (χ0n) is 11.8. The van der Waals surface area contributed by atoms with E-state index in [1.807, 2.05) is 32.0 Å². The Hall–Kier alpha value is -1.55. The van der Waals surface area contributed by atoms with Crippen molar-refractivity contribution in [2.75, 3.05) is 14.2 Å².